The van der Waals surface area contributed by atoms with Gasteiger partial charge in [0.05, 0.1) is 12.6 Å². The summed E-state index contributed by atoms with van der Waals surface area (Å²) in [5, 5.41) is 7.73. The van der Waals surface area contributed by atoms with E-state index in [-0.39, 0.29) is 30.0 Å². The van der Waals surface area contributed by atoms with Crippen molar-refractivity contribution in [3.8, 4) is 0 Å². The SMILES string of the molecule is CCOCCNC(=NC)NC(C)c1ccc(Cl)cc1Cl.I. The summed E-state index contributed by atoms with van der Waals surface area (Å²) in [6.07, 6.45) is 0. The molecule has 0 bridgehead atoms. The molecule has 1 unspecified atom stereocenters. The standard InChI is InChI=1S/C14H21Cl2N3O.HI/c1-4-20-8-7-18-14(17-3)19-10(2)12-6-5-11(15)9-13(12)16;/h5-6,9-10H,4,7-8H2,1-3H3,(H2,17,18,19);1H. The zero-order valence-corrected chi connectivity index (χ0v) is 16.3. The maximum atomic E-state index is 6.19. The van der Waals surface area contributed by atoms with E-state index >= 15 is 0 Å². The number of benzene rings is 1. The third kappa shape index (κ3) is 7.54. The summed E-state index contributed by atoms with van der Waals surface area (Å²) in [5.41, 5.74) is 0.976. The Balaban J connectivity index is 0.00000400. The van der Waals surface area contributed by atoms with Crippen LogP contribution >= 0.6 is 47.2 Å². The van der Waals surface area contributed by atoms with E-state index in [2.05, 4.69) is 15.6 Å². The summed E-state index contributed by atoms with van der Waals surface area (Å²) in [6, 6.07) is 5.50. The molecular formula is C14H22Cl2IN3O. The lowest BCUT2D eigenvalue weighted by Gasteiger charge is -2.19. The predicted molar refractivity (Wildman–Crippen MR) is 101 cm³/mol. The molecule has 0 fully saturated rings. The molecule has 7 heteroatoms. The lowest BCUT2D eigenvalue weighted by atomic mass is 10.1. The molecule has 0 aliphatic carbocycles. The van der Waals surface area contributed by atoms with Crippen molar-refractivity contribution in [3.63, 3.8) is 0 Å². The summed E-state index contributed by atoms with van der Waals surface area (Å²) < 4.78 is 5.27. The van der Waals surface area contributed by atoms with Gasteiger partial charge >= 0.3 is 0 Å². The van der Waals surface area contributed by atoms with Gasteiger partial charge in [-0.3, -0.25) is 4.99 Å². The minimum atomic E-state index is 0. The van der Waals surface area contributed by atoms with Gasteiger partial charge in [-0.15, -0.1) is 24.0 Å². The highest BCUT2D eigenvalue weighted by Crippen LogP contribution is 2.25. The Morgan fingerprint density at radius 2 is 2.10 bits per heavy atom. The monoisotopic (exact) mass is 445 g/mol. The Kier molecular flexibility index (Phi) is 11.2. The average molecular weight is 446 g/mol. The normalized spacial score (nSPS) is 12.5. The summed E-state index contributed by atoms with van der Waals surface area (Å²) in [5.74, 6) is 0.711. The molecule has 21 heavy (non-hydrogen) atoms. The number of rotatable bonds is 6. The van der Waals surface area contributed by atoms with Gasteiger partial charge in [0.15, 0.2) is 5.96 Å². The second kappa shape index (κ2) is 11.3. The molecule has 0 amide bonds. The third-order valence-electron chi connectivity index (χ3n) is 2.75. The maximum absolute atomic E-state index is 6.19. The first-order valence-corrected chi connectivity index (χ1v) is 7.34. The fourth-order valence-electron chi connectivity index (χ4n) is 1.72. The minimum absolute atomic E-state index is 0. The molecule has 0 saturated carbocycles. The molecule has 120 valence electrons. The third-order valence-corrected chi connectivity index (χ3v) is 3.31. The first-order valence-electron chi connectivity index (χ1n) is 6.58. The highest BCUT2D eigenvalue weighted by Gasteiger charge is 2.11. The highest BCUT2D eigenvalue weighted by atomic mass is 127. The molecule has 0 aliphatic heterocycles. The average Bonchev–Trinajstić information content (AvgIpc) is 2.41. The van der Waals surface area contributed by atoms with Gasteiger partial charge in [-0.25, -0.2) is 0 Å². The summed E-state index contributed by atoms with van der Waals surface area (Å²) in [7, 11) is 1.73. The van der Waals surface area contributed by atoms with E-state index in [0.717, 1.165) is 5.56 Å². The van der Waals surface area contributed by atoms with Crippen LogP contribution in [0.25, 0.3) is 0 Å². The van der Waals surface area contributed by atoms with Crippen molar-refractivity contribution in [3.05, 3.63) is 33.8 Å². The molecule has 1 rings (SSSR count). The Morgan fingerprint density at radius 3 is 2.67 bits per heavy atom. The van der Waals surface area contributed by atoms with Gasteiger partial charge in [0.25, 0.3) is 0 Å². The van der Waals surface area contributed by atoms with Crippen molar-refractivity contribution in [1.29, 1.82) is 0 Å². The van der Waals surface area contributed by atoms with Crippen LogP contribution in [-0.4, -0.2) is 32.8 Å². The van der Waals surface area contributed by atoms with Crippen LogP contribution < -0.4 is 10.6 Å². The van der Waals surface area contributed by atoms with E-state index in [4.69, 9.17) is 27.9 Å². The first kappa shape index (κ1) is 20.8. The van der Waals surface area contributed by atoms with Gasteiger partial charge in [0.1, 0.15) is 0 Å². The molecule has 4 nitrogen and oxygen atoms in total. The maximum Gasteiger partial charge on any atom is 0.191 e. The molecule has 0 aliphatic rings. The molecule has 1 atom stereocenters. The van der Waals surface area contributed by atoms with Crippen molar-refractivity contribution in [2.45, 2.75) is 19.9 Å². The van der Waals surface area contributed by atoms with Crippen LogP contribution in [-0.2, 0) is 4.74 Å². The largest absolute Gasteiger partial charge is 0.380 e. The number of guanidine groups is 1. The second-order valence-electron chi connectivity index (χ2n) is 4.23. The van der Waals surface area contributed by atoms with Crippen LogP contribution in [0.1, 0.15) is 25.5 Å². The Bertz CT molecular complexity index is 458. The molecule has 0 saturated heterocycles. The van der Waals surface area contributed by atoms with Crippen LogP contribution in [0.2, 0.25) is 10.0 Å². The minimum Gasteiger partial charge on any atom is -0.380 e. The van der Waals surface area contributed by atoms with E-state index in [1.807, 2.05) is 26.0 Å². The first-order chi connectivity index (χ1) is 9.58. The lowest BCUT2D eigenvalue weighted by Crippen LogP contribution is -2.40. The van der Waals surface area contributed by atoms with Crippen molar-refractivity contribution in [2.75, 3.05) is 26.8 Å². The molecule has 0 radical (unpaired) electrons. The zero-order chi connectivity index (χ0) is 15.0. The van der Waals surface area contributed by atoms with Gasteiger partial charge in [-0.1, -0.05) is 29.3 Å². The van der Waals surface area contributed by atoms with Crippen LogP contribution in [0.3, 0.4) is 0 Å². The smallest absolute Gasteiger partial charge is 0.191 e. The van der Waals surface area contributed by atoms with Crippen LogP contribution in [0.4, 0.5) is 0 Å². The van der Waals surface area contributed by atoms with E-state index < -0.39 is 0 Å². The lowest BCUT2D eigenvalue weighted by molar-refractivity contribution is 0.152. The molecule has 0 aromatic heterocycles. The molecule has 1 aromatic rings. The summed E-state index contributed by atoms with van der Waals surface area (Å²) in [4.78, 5) is 4.17. The van der Waals surface area contributed by atoms with Crippen molar-refractivity contribution in [2.24, 2.45) is 4.99 Å². The summed E-state index contributed by atoms with van der Waals surface area (Å²) >= 11 is 12.1. The molecule has 0 spiro atoms. The van der Waals surface area contributed by atoms with E-state index in [9.17, 15) is 0 Å². The van der Waals surface area contributed by atoms with Gasteiger partial charge in [0, 0.05) is 30.2 Å². The topological polar surface area (TPSA) is 45.6 Å². The van der Waals surface area contributed by atoms with E-state index in [1.54, 1.807) is 13.1 Å². The van der Waals surface area contributed by atoms with Crippen molar-refractivity contribution >= 4 is 53.1 Å². The Morgan fingerprint density at radius 1 is 1.38 bits per heavy atom. The number of halogens is 3. The number of hydrogen-bond donors (Lipinski definition) is 2. The van der Waals surface area contributed by atoms with Gasteiger partial charge in [-0.05, 0) is 31.5 Å². The quantitative estimate of drug-likeness (QED) is 0.302. The van der Waals surface area contributed by atoms with Crippen molar-refractivity contribution < 1.29 is 4.74 Å². The van der Waals surface area contributed by atoms with Gasteiger partial charge < -0.3 is 15.4 Å². The number of aliphatic imine (C=N–C) groups is 1. The number of nitrogens with one attached hydrogen (secondary N) is 2. The fraction of sp³-hybridized carbons (Fsp3) is 0.500. The number of hydrogen-bond acceptors (Lipinski definition) is 2. The molecule has 1 aromatic carbocycles. The molecule has 2 N–H and O–H groups in total. The number of nitrogens with zero attached hydrogens (tertiary/aromatic N) is 1. The molecular weight excluding hydrogens is 424 g/mol. The van der Waals surface area contributed by atoms with Gasteiger partial charge in [-0.2, -0.15) is 0 Å². The number of ether oxygens (including phenoxy) is 1. The van der Waals surface area contributed by atoms with Crippen LogP contribution in [0.5, 0.6) is 0 Å². The van der Waals surface area contributed by atoms with Crippen LogP contribution in [0.15, 0.2) is 23.2 Å². The Labute approximate surface area is 153 Å². The highest BCUT2D eigenvalue weighted by molar-refractivity contribution is 14.0. The Hall–Kier alpha value is -0.240. The zero-order valence-electron chi connectivity index (χ0n) is 12.5. The fourth-order valence-corrected chi connectivity index (χ4v) is 2.29. The summed E-state index contributed by atoms with van der Waals surface area (Å²) in [6.45, 7) is 6.05. The van der Waals surface area contributed by atoms with Crippen molar-refractivity contribution in [1.82, 2.24) is 10.6 Å². The van der Waals surface area contributed by atoms with E-state index in [0.29, 0.717) is 35.8 Å². The second-order valence-corrected chi connectivity index (χ2v) is 5.07. The van der Waals surface area contributed by atoms with Crippen LogP contribution in [0, 0.1) is 0 Å². The van der Waals surface area contributed by atoms with Gasteiger partial charge in [0.2, 0.25) is 0 Å². The predicted octanol–water partition coefficient (Wildman–Crippen LogP) is 3.87. The molecule has 0 heterocycles. The van der Waals surface area contributed by atoms with E-state index in [1.165, 1.54) is 0 Å².